The van der Waals surface area contributed by atoms with Gasteiger partial charge in [-0.25, -0.2) is 0 Å². The highest BCUT2D eigenvalue weighted by molar-refractivity contribution is 5.71. The van der Waals surface area contributed by atoms with Crippen LogP contribution in [0, 0.1) is 12.8 Å². The molecule has 0 radical (unpaired) electrons. The number of esters is 1. The Kier molecular flexibility index (Phi) is 4.35. The Bertz CT molecular complexity index is 314. The largest absolute Gasteiger partial charge is 0.469 e. The van der Waals surface area contributed by atoms with Gasteiger partial charge in [0.2, 0.25) is 0 Å². The first-order valence-electron chi connectivity index (χ1n) is 5.27. The molecule has 0 unspecified atom stereocenters. The van der Waals surface area contributed by atoms with E-state index in [-0.39, 0.29) is 11.9 Å². The van der Waals surface area contributed by atoms with Gasteiger partial charge in [-0.3, -0.25) is 4.79 Å². The number of rotatable bonds is 4. The Morgan fingerprint density at radius 2 is 1.93 bits per heavy atom. The van der Waals surface area contributed by atoms with E-state index in [2.05, 4.69) is 35.9 Å². The van der Waals surface area contributed by atoms with Crippen LogP contribution in [-0.4, -0.2) is 13.1 Å². The van der Waals surface area contributed by atoms with Crippen LogP contribution in [0.4, 0.5) is 0 Å². The number of hydrogen-bond donors (Lipinski definition) is 0. The maximum atomic E-state index is 11.2. The Morgan fingerprint density at radius 3 is 2.47 bits per heavy atom. The van der Waals surface area contributed by atoms with E-state index < -0.39 is 0 Å². The average molecular weight is 206 g/mol. The van der Waals surface area contributed by atoms with Gasteiger partial charge in [0.05, 0.1) is 13.0 Å². The van der Waals surface area contributed by atoms with Crippen molar-refractivity contribution in [2.75, 3.05) is 7.11 Å². The zero-order valence-corrected chi connectivity index (χ0v) is 9.62. The number of hydrogen-bond acceptors (Lipinski definition) is 2. The van der Waals surface area contributed by atoms with Crippen LogP contribution in [0.15, 0.2) is 24.3 Å². The molecule has 0 heterocycles. The third-order valence-electron chi connectivity index (χ3n) is 2.59. The lowest BCUT2D eigenvalue weighted by Crippen LogP contribution is -2.13. The Hall–Kier alpha value is -1.31. The molecule has 0 saturated heterocycles. The number of ether oxygens (including phenoxy) is 1. The summed E-state index contributed by atoms with van der Waals surface area (Å²) in [6, 6.07) is 8.41. The summed E-state index contributed by atoms with van der Waals surface area (Å²) in [7, 11) is 1.44. The third kappa shape index (κ3) is 3.74. The Morgan fingerprint density at radius 1 is 1.33 bits per heavy atom. The van der Waals surface area contributed by atoms with Crippen LogP contribution in [0.3, 0.4) is 0 Å². The molecule has 0 aliphatic heterocycles. The van der Waals surface area contributed by atoms with Gasteiger partial charge in [-0.1, -0.05) is 36.8 Å². The first-order valence-corrected chi connectivity index (χ1v) is 5.27. The monoisotopic (exact) mass is 206 g/mol. The highest BCUT2D eigenvalue weighted by Crippen LogP contribution is 2.11. The second-order valence-corrected chi connectivity index (χ2v) is 3.95. The lowest BCUT2D eigenvalue weighted by Gasteiger charge is -2.08. The lowest BCUT2D eigenvalue weighted by atomic mass is 10.0. The van der Waals surface area contributed by atoms with Gasteiger partial charge in [0.25, 0.3) is 0 Å². The van der Waals surface area contributed by atoms with Crippen molar-refractivity contribution in [2.45, 2.75) is 26.7 Å². The van der Waals surface area contributed by atoms with Gasteiger partial charge in [-0.05, 0) is 25.3 Å². The summed E-state index contributed by atoms with van der Waals surface area (Å²) < 4.78 is 4.68. The lowest BCUT2D eigenvalue weighted by molar-refractivity contribution is -0.145. The molecule has 2 heteroatoms. The molecule has 82 valence electrons. The Balaban J connectivity index is 2.43. The molecule has 0 fully saturated rings. The minimum atomic E-state index is -0.123. The first kappa shape index (κ1) is 11.8. The average Bonchev–Trinajstić information content (AvgIpc) is 2.26. The number of methoxy groups -OCH3 is 1. The van der Waals surface area contributed by atoms with Crippen LogP contribution in [0.2, 0.25) is 0 Å². The molecule has 2 nitrogen and oxygen atoms in total. The molecule has 15 heavy (non-hydrogen) atoms. The molecule has 1 rings (SSSR count). The molecule has 1 aromatic rings. The van der Waals surface area contributed by atoms with Gasteiger partial charge in [0, 0.05) is 0 Å². The van der Waals surface area contributed by atoms with Crippen molar-refractivity contribution >= 4 is 5.97 Å². The van der Waals surface area contributed by atoms with Crippen molar-refractivity contribution in [3.05, 3.63) is 35.4 Å². The first-order chi connectivity index (χ1) is 7.13. The summed E-state index contributed by atoms with van der Waals surface area (Å²) in [4.78, 5) is 11.2. The van der Waals surface area contributed by atoms with Crippen LogP contribution in [0.25, 0.3) is 0 Å². The summed E-state index contributed by atoms with van der Waals surface area (Å²) in [5.74, 6) is -0.140. The van der Waals surface area contributed by atoms with Crippen molar-refractivity contribution in [1.82, 2.24) is 0 Å². The maximum Gasteiger partial charge on any atom is 0.308 e. The van der Waals surface area contributed by atoms with Crippen molar-refractivity contribution in [1.29, 1.82) is 0 Å². The molecule has 0 spiro atoms. The van der Waals surface area contributed by atoms with Crippen LogP contribution >= 0.6 is 0 Å². The van der Waals surface area contributed by atoms with Gasteiger partial charge in [-0.15, -0.1) is 0 Å². The van der Waals surface area contributed by atoms with E-state index >= 15 is 0 Å². The van der Waals surface area contributed by atoms with E-state index in [1.807, 2.05) is 6.92 Å². The SMILES string of the molecule is COC(=O)[C@@H](C)CCc1ccc(C)cc1. The molecular weight excluding hydrogens is 188 g/mol. The minimum Gasteiger partial charge on any atom is -0.469 e. The maximum absolute atomic E-state index is 11.2. The normalized spacial score (nSPS) is 12.2. The third-order valence-corrected chi connectivity index (χ3v) is 2.59. The summed E-state index contributed by atoms with van der Waals surface area (Å²) >= 11 is 0. The molecule has 0 N–H and O–H groups in total. The molecule has 0 saturated carbocycles. The summed E-state index contributed by atoms with van der Waals surface area (Å²) in [5, 5.41) is 0. The topological polar surface area (TPSA) is 26.3 Å². The van der Waals surface area contributed by atoms with Crippen molar-refractivity contribution in [2.24, 2.45) is 5.92 Å². The molecule has 0 aromatic heterocycles. The molecule has 0 amide bonds. The number of carbonyl (C=O) groups is 1. The Labute approximate surface area is 91.3 Å². The van der Waals surface area contributed by atoms with E-state index in [9.17, 15) is 4.79 Å². The van der Waals surface area contributed by atoms with Gasteiger partial charge < -0.3 is 4.74 Å². The molecular formula is C13H18O2. The smallest absolute Gasteiger partial charge is 0.308 e. The molecule has 0 bridgehead atoms. The fourth-order valence-electron chi connectivity index (χ4n) is 1.46. The van der Waals surface area contributed by atoms with Gasteiger partial charge >= 0.3 is 5.97 Å². The highest BCUT2D eigenvalue weighted by atomic mass is 16.5. The molecule has 1 atom stereocenters. The van der Waals surface area contributed by atoms with Gasteiger partial charge in [0.15, 0.2) is 0 Å². The fraction of sp³-hybridized carbons (Fsp3) is 0.462. The van der Waals surface area contributed by atoms with Crippen LogP contribution in [0.1, 0.15) is 24.5 Å². The van der Waals surface area contributed by atoms with Gasteiger partial charge in [0.1, 0.15) is 0 Å². The predicted molar refractivity (Wildman–Crippen MR) is 60.7 cm³/mol. The summed E-state index contributed by atoms with van der Waals surface area (Å²) in [6.07, 6.45) is 1.77. The zero-order valence-electron chi connectivity index (χ0n) is 9.62. The van der Waals surface area contributed by atoms with Crippen LogP contribution in [0.5, 0.6) is 0 Å². The number of benzene rings is 1. The number of aryl methyl sites for hydroxylation is 2. The van der Waals surface area contributed by atoms with Crippen molar-refractivity contribution < 1.29 is 9.53 Å². The van der Waals surface area contributed by atoms with E-state index in [0.29, 0.717) is 0 Å². The van der Waals surface area contributed by atoms with Gasteiger partial charge in [-0.2, -0.15) is 0 Å². The predicted octanol–water partition coefficient (Wildman–Crippen LogP) is 2.74. The van der Waals surface area contributed by atoms with Crippen molar-refractivity contribution in [3.8, 4) is 0 Å². The van der Waals surface area contributed by atoms with E-state index in [4.69, 9.17) is 0 Å². The minimum absolute atomic E-state index is 0.0173. The summed E-state index contributed by atoms with van der Waals surface area (Å²) in [5.41, 5.74) is 2.54. The molecule has 0 aliphatic rings. The summed E-state index contributed by atoms with van der Waals surface area (Å²) in [6.45, 7) is 3.97. The van der Waals surface area contributed by atoms with Crippen LogP contribution < -0.4 is 0 Å². The van der Waals surface area contributed by atoms with Crippen molar-refractivity contribution in [3.63, 3.8) is 0 Å². The molecule has 1 aromatic carbocycles. The number of carbonyl (C=O) groups excluding carboxylic acids is 1. The highest BCUT2D eigenvalue weighted by Gasteiger charge is 2.12. The standard InChI is InChI=1S/C13H18O2/c1-10-4-7-12(8-5-10)9-6-11(2)13(14)15-3/h4-5,7-8,11H,6,9H2,1-3H3/t11-/m0/s1. The van der Waals surface area contributed by atoms with E-state index in [1.165, 1.54) is 18.2 Å². The second kappa shape index (κ2) is 5.54. The van der Waals surface area contributed by atoms with Crippen LogP contribution in [-0.2, 0) is 16.0 Å². The van der Waals surface area contributed by atoms with E-state index in [0.717, 1.165) is 12.8 Å². The quantitative estimate of drug-likeness (QED) is 0.708. The second-order valence-electron chi connectivity index (χ2n) is 3.95. The molecule has 0 aliphatic carbocycles. The fourth-order valence-corrected chi connectivity index (χ4v) is 1.46. The van der Waals surface area contributed by atoms with E-state index in [1.54, 1.807) is 0 Å². The zero-order chi connectivity index (χ0) is 11.3.